The second-order valence-corrected chi connectivity index (χ2v) is 9.34. The van der Waals surface area contributed by atoms with E-state index in [0.717, 1.165) is 4.88 Å². The van der Waals surface area contributed by atoms with Crippen LogP contribution in [-0.2, 0) is 17.9 Å². The number of nitrogens with zero attached hydrogens (tertiary/aromatic N) is 4. The smallest absolute Gasteiger partial charge is 0.280 e. The number of hydrogen-bond donors (Lipinski definition) is 1. The molecule has 0 saturated carbocycles. The predicted molar refractivity (Wildman–Crippen MR) is 128 cm³/mol. The fourth-order valence-electron chi connectivity index (χ4n) is 3.63. The largest absolute Gasteiger partial charge is 0.454 e. The SMILES string of the molecule is CCn1nc(C)c2nc(SCC(=O)Nc3ccc4c(c3)OCO4)n(Cc3cccs3)c(=O)c21. The molecule has 1 aliphatic rings. The van der Waals surface area contributed by atoms with E-state index in [0.29, 0.717) is 52.2 Å². The zero-order valence-electron chi connectivity index (χ0n) is 18.0. The number of rotatable bonds is 7. The monoisotopic (exact) mass is 483 g/mol. The molecule has 0 fully saturated rings. The molecular weight excluding hydrogens is 462 g/mol. The van der Waals surface area contributed by atoms with Gasteiger partial charge in [0.15, 0.2) is 22.2 Å². The number of thioether (sulfide) groups is 1. The van der Waals surface area contributed by atoms with E-state index in [2.05, 4.69) is 10.4 Å². The van der Waals surface area contributed by atoms with Crippen molar-refractivity contribution in [2.24, 2.45) is 0 Å². The van der Waals surface area contributed by atoms with Crippen LogP contribution in [0.4, 0.5) is 5.69 Å². The van der Waals surface area contributed by atoms with Crippen LogP contribution in [0.1, 0.15) is 17.5 Å². The van der Waals surface area contributed by atoms with Crippen LogP contribution in [0.2, 0.25) is 0 Å². The summed E-state index contributed by atoms with van der Waals surface area (Å²) >= 11 is 2.80. The Hall–Kier alpha value is -3.31. The fraction of sp³-hybridized carbons (Fsp3) is 0.273. The molecule has 4 heterocycles. The van der Waals surface area contributed by atoms with Gasteiger partial charge < -0.3 is 14.8 Å². The molecule has 1 amide bonds. The zero-order valence-corrected chi connectivity index (χ0v) is 19.7. The average Bonchev–Trinajstić information content (AvgIpc) is 3.55. The number of hydrogen-bond acceptors (Lipinski definition) is 8. The summed E-state index contributed by atoms with van der Waals surface area (Å²) in [6, 6.07) is 9.17. The summed E-state index contributed by atoms with van der Waals surface area (Å²) in [7, 11) is 0. The van der Waals surface area contributed by atoms with Crippen molar-refractivity contribution in [1.82, 2.24) is 19.3 Å². The lowest BCUT2D eigenvalue weighted by atomic mass is 10.3. The van der Waals surface area contributed by atoms with Crippen LogP contribution >= 0.6 is 23.1 Å². The summed E-state index contributed by atoms with van der Waals surface area (Å²) in [5.41, 5.74) is 2.21. The van der Waals surface area contributed by atoms with Gasteiger partial charge in [-0.2, -0.15) is 5.10 Å². The van der Waals surface area contributed by atoms with Gasteiger partial charge in [-0.05, 0) is 37.4 Å². The van der Waals surface area contributed by atoms with E-state index in [4.69, 9.17) is 14.5 Å². The summed E-state index contributed by atoms with van der Waals surface area (Å²) in [6.07, 6.45) is 0. The minimum absolute atomic E-state index is 0.0950. The lowest BCUT2D eigenvalue weighted by molar-refractivity contribution is -0.113. The second-order valence-electron chi connectivity index (χ2n) is 7.37. The minimum Gasteiger partial charge on any atom is -0.454 e. The summed E-state index contributed by atoms with van der Waals surface area (Å²) in [4.78, 5) is 31.9. The highest BCUT2D eigenvalue weighted by Gasteiger charge is 2.20. The maximum atomic E-state index is 13.4. The highest BCUT2D eigenvalue weighted by Crippen LogP contribution is 2.34. The van der Waals surface area contributed by atoms with Gasteiger partial charge in [0.25, 0.3) is 5.56 Å². The molecule has 0 bridgehead atoms. The summed E-state index contributed by atoms with van der Waals surface area (Å²) < 4.78 is 14.0. The first kappa shape index (κ1) is 21.5. The van der Waals surface area contributed by atoms with Crippen molar-refractivity contribution in [3.8, 4) is 11.5 Å². The maximum absolute atomic E-state index is 13.4. The molecule has 0 atom stereocenters. The van der Waals surface area contributed by atoms with Gasteiger partial charge in [0.05, 0.1) is 18.0 Å². The quantitative estimate of drug-likeness (QED) is 0.317. The number of benzene rings is 1. The van der Waals surface area contributed by atoms with E-state index in [1.165, 1.54) is 11.8 Å². The molecule has 1 N–H and O–H groups in total. The third-order valence-electron chi connectivity index (χ3n) is 5.16. The molecule has 1 aromatic carbocycles. The number of aromatic nitrogens is 4. The van der Waals surface area contributed by atoms with Crippen molar-refractivity contribution in [2.45, 2.75) is 32.1 Å². The second kappa shape index (κ2) is 8.91. The Bertz CT molecular complexity index is 1390. The fourth-order valence-corrected chi connectivity index (χ4v) is 5.11. The molecule has 4 aromatic rings. The third kappa shape index (κ3) is 4.21. The van der Waals surface area contributed by atoms with Crippen molar-refractivity contribution >= 4 is 45.7 Å². The van der Waals surface area contributed by atoms with Gasteiger partial charge in [0.1, 0.15) is 5.52 Å². The number of thiophene rings is 1. The molecule has 1 aliphatic heterocycles. The van der Waals surface area contributed by atoms with Crippen LogP contribution < -0.4 is 20.3 Å². The van der Waals surface area contributed by atoms with E-state index >= 15 is 0 Å². The molecule has 0 aliphatic carbocycles. The number of fused-ring (bicyclic) bond motifs is 2. The Labute approximate surface area is 197 Å². The molecule has 33 heavy (non-hydrogen) atoms. The van der Waals surface area contributed by atoms with Crippen LogP contribution in [0, 0.1) is 6.92 Å². The van der Waals surface area contributed by atoms with E-state index in [-0.39, 0.29) is 24.0 Å². The Morgan fingerprint density at radius 1 is 1.27 bits per heavy atom. The van der Waals surface area contributed by atoms with Crippen molar-refractivity contribution in [2.75, 3.05) is 17.9 Å². The standard InChI is InChI=1S/C22H21N5O4S2/c1-3-27-20-19(13(2)25-27)24-22(26(21(20)29)10-15-5-4-8-32-15)33-11-18(28)23-14-6-7-16-17(9-14)31-12-30-16/h4-9H,3,10-12H2,1-2H3,(H,23,28). The molecule has 170 valence electrons. The summed E-state index contributed by atoms with van der Waals surface area (Å²) in [5, 5.41) is 9.78. The van der Waals surface area contributed by atoms with Gasteiger partial charge in [-0.15, -0.1) is 11.3 Å². The van der Waals surface area contributed by atoms with Crippen molar-refractivity contribution in [3.05, 3.63) is 56.6 Å². The maximum Gasteiger partial charge on any atom is 0.280 e. The number of amides is 1. The average molecular weight is 484 g/mol. The Morgan fingerprint density at radius 2 is 2.12 bits per heavy atom. The van der Waals surface area contributed by atoms with E-state index in [1.54, 1.807) is 38.8 Å². The number of anilines is 1. The molecule has 0 spiro atoms. The van der Waals surface area contributed by atoms with Crippen molar-refractivity contribution in [1.29, 1.82) is 0 Å². The summed E-state index contributed by atoms with van der Waals surface area (Å²) in [6.45, 7) is 4.92. The number of aryl methyl sites for hydroxylation is 2. The number of carbonyl (C=O) groups excluding carboxylic acids is 1. The normalized spacial score (nSPS) is 12.4. The van der Waals surface area contributed by atoms with Gasteiger partial charge in [0, 0.05) is 23.2 Å². The molecule has 3 aromatic heterocycles. The van der Waals surface area contributed by atoms with E-state index in [1.807, 2.05) is 31.4 Å². The highest BCUT2D eigenvalue weighted by atomic mass is 32.2. The predicted octanol–water partition coefficient (Wildman–Crippen LogP) is 3.49. The van der Waals surface area contributed by atoms with Gasteiger partial charge >= 0.3 is 0 Å². The first-order valence-corrected chi connectivity index (χ1v) is 12.2. The lowest BCUT2D eigenvalue weighted by Gasteiger charge is -2.12. The first-order valence-electron chi connectivity index (χ1n) is 10.4. The molecule has 9 nitrogen and oxygen atoms in total. The molecule has 0 unspecified atom stereocenters. The van der Waals surface area contributed by atoms with Crippen LogP contribution in [-0.4, -0.2) is 37.8 Å². The van der Waals surface area contributed by atoms with Gasteiger partial charge in [-0.25, -0.2) is 4.98 Å². The molecule has 0 radical (unpaired) electrons. The Kier molecular flexibility index (Phi) is 5.81. The zero-order chi connectivity index (χ0) is 22.9. The Balaban J connectivity index is 1.42. The lowest BCUT2D eigenvalue weighted by Crippen LogP contribution is -2.26. The molecule has 5 rings (SSSR count). The summed E-state index contributed by atoms with van der Waals surface area (Å²) in [5.74, 6) is 1.13. The van der Waals surface area contributed by atoms with Crippen molar-refractivity contribution in [3.63, 3.8) is 0 Å². The van der Waals surface area contributed by atoms with Crippen LogP contribution in [0.5, 0.6) is 11.5 Å². The first-order chi connectivity index (χ1) is 16.0. The van der Waals surface area contributed by atoms with E-state index in [9.17, 15) is 9.59 Å². The van der Waals surface area contributed by atoms with E-state index < -0.39 is 0 Å². The van der Waals surface area contributed by atoms with Crippen molar-refractivity contribution < 1.29 is 14.3 Å². The van der Waals surface area contributed by atoms with Crippen LogP contribution in [0.3, 0.4) is 0 Å². The molecule has 11 heteroatoms. The molecule has 0 saturated heterocycles. The van der Waals surface area contributed by atoms with Crippen LogP contribution in [0.25, 0.3) is 11.0 Å². The highest BCUT2D eigenvalue weighted by molar-refractivity contribution is 7.99. The number of ether oxygens (including phenoxy) is 2. The molecular formula is C22H21N5O4S2. The van der Waals surface area contributed by atoms with Gasteiger partial charge in [-0.1, -0.05) is 17.8 Å². The topological polar surface area (TPSA) is 100 Å². The van der Waals surface area contributed by atoms with Gasteiger partial charge in [-0.3, -0.25) is 18.8 Å². The number of carbonyl (C=O) groups is 1. The minimum atomic E-state index is -0.211. The third-order valence-corrected chi connectivity index (χ3v) is 7.00. The Morgan fingerprint density at radius 3 is 2.91 bits per heavy atom. The van der Waals surface area contributed by atoms with Crippen LogP contribution in [0.15, 0.2) is 45.7 Å². The van der Waals surface area contributed by atoms with Gasteiger partial charge in [0.2, 0.25) is 12.7 Å². The number of nitrogens with one attached hydrogen (secondary N) is 1.